The van der Waals surface area contributed by atoms with Crippen LogP contribution in [0.15, 0.2) is 29.2 Å². The highest BCUT2D eigenvalue weighted by Gasteiger charge is 2.41. The third-order valence-corrected chi connectivity index (χ3v) is 4.52. The molecule has 0 heterocycles. The molecule has 2 rings (SSSR count). The highest BCUT2D eigenvalue weighted by Crippen LogP contribution is 2.37. The van der Waals surface area contributed by atoms with E-state index in [0.717, 1.165) is 18.5 Å². The van der Waals surface area contributed by atoms with Crippen LogP contribution in [0.5, 0.6) is 0 Å². The molecule has 0 spiro atoms. The zero-order valence-corrected chi connectivity index (χ0v) is 10.5. The number of hydrogen-bond acceptors (Lipinski definition) is 4. The first-order chi connectivity index (χ1) is 8.01. The van der Waals surface area contributed by atoms with Crippen molar-refractivity contribution >= 4 is 15.7 Å². The van der Waals surface area contributed by atoms with E-state index < -0.39 is 10.0 Å². The van der Waals surface area contributed by atoms with Crippen LogP contribution in [0.2, 0.25) is 0 Å². The van der Waals surface area contributed by atoms with E-state index in [1.54, 1.807) is 24.3 Å². The second-order valence-corrected chi connectivity index (χ2v) is 6.23. The third kappa shape index (κ3) is 2.59. The summed E-state index contributed by atoms with van der Waals surface area (Å²) in [5.41, 5.74) is 6.61. The molecule has 1 aliphatic carbocycles. The minimum absolute atomic E-state index is 0.0311. The molecule has 5 nitrogen and oxygen atoms in total. The molecule has 17 heavy (non-hydrogen) atoms. The molecule has 0 aliphatic heterocycles. The van der Waals surface area contributed by atoms with Crippen LogP contribution in [-0.2, 0) is 10.0 Å². The summed E-state index contributed by atoms with van der Waals surface area (Å²) in [5, 5.41) is 3.34. The van der Waals surface area contributed by atoms with Gasteiger partial charge in [-0.15, -0.1) is 0 Å². The van der Waals surface area contributed by atoms with Crippen LogP contribution in [0.3, 0.4) is 0 Å². The van der Waals surface area contributed by atoms with Gasteiger partial charge in [-0.2, -0.15) is 0 Å². The second-order valence-electron chi connectivity index (χ2n) is 4.34. The van der Waals surface area contributed by atoms with Crippen molar-refractivity contribution in [1.29, 1.82) is 0 Å². The molecule has 0 radical (unpaired) electrons. The maximum absolute atomic E-state index is 11.5. The molecular weight excluding hydrogens is 238 g/mol. The van der Waals surface area contributed by atoms with E-state index >= 15 is 0 Å². The predicted molar refractivity (Wildman–Crippen MR) is 67.3 cm³/mol. The van der Waals surface area contributed by atoms with E-state index in [1.165, 1.54) is 7.05 Å². The van der Waals surface area contributed by atoms with Crippen LogP contribution in [0.25, 0.3) is 0 Å². The topological polar surface area (TPSA) is 84.2 Å². The van der Waals surface area contributed by atoms with E-state index in [9.17, 15) is 8.42 Å². The summed E-state index contributed by atoms with van der Waals surface area (Å²) in [6, 6.07) is 6.70. The van der Waals surface area contributed by atoms with Gasteiger partial charge >= 0.3 is 0 Å². The Morgan fingerprint density at radius 1 is 1.29 bits per heavy atom. The molecule has 4 N–H and O–H groups in total. The van der Waals surface area contributed by atoms with Crippen molar-refractivity contribution in [2.75, 3.05) is 18.9 Å². The Balaban J connectivity index is 2.14. The Morgan fingerprint density at radius 2 is 1.88 bits per heavy atom. The third-order valence-electron chi connectivity index (χ3n) is 3.09. The van der Waals surface area contributed by atoms with Crippen molar-refractivity contribution in [3.05, 3.63) is 24.3 Å². The summed E-state index contributed by atoms with van der Waals surface area (Å²) >= 11 is 0. The van der Waals surface area contributed by atoms with E-state index in [-0.39, 0.29) is 10.4 Å². The monoisotopic (exact) mass is 255 g/mol. The fraction of sp³-hybridized carbons (Fsp3) is 0.455. The van der Waals surface area contributed by atoms with Gasteiger partial charge < -0.3 is 11.1 Å². The van der Waals surface area contributed by atoms with Crippen molar-refractivity contribution in [3.8, 4) is 0 Å². The minimum atomic E-state index is -3.35. The van der Waals surface area contributed by atoms with Crippen LogP contribution in [-0.4, -0.2) is 27.5 Å². The molecule has 0 bridgehead atoms. The molecule has 0 aromatic heterocycles. The number of hydrogen-bond donors (Lipinski definition) is 3. The van der Waals surface area contributed by atoms with Crippen LogP contribution in [0.1, 0.15) is 12.8 Å². The van der Waals surface area contributed by atoms with Gasteiger partial charge in [0.25, 0.3) is 0 Å². The predicted octanol–water partition coefficient (Wildman–Crippen LogP) is 0.498. The Hall–Kier alpha value is -1.11. The van der Waals surface area contributed by atoms with Crippen molar-refractivity contribution in [3.63, 3.8) is 0 Å². The molecule has 1 aromatic carbocycles. The average molecular weight is 255 g/mol. The Bertz CT molecular complexity index is 492. The summed E-state index contributed by atoms with van der Waals surface area (Å²) in [6.45, 7) is 0.601. The molecule has 1 aliphatic rings. The van der Waals surface area contributed by atoms with Gasteiger partial charge in [0.15, 0.2) is 0 Å². The molecule has 1 fully saturated rings. The Labute approximate surface area is 101 Å². The second kappa shape index (κ2) is 4.29. The first-order valence-corrected chi connectivity index (χ1v) is 7.02. The molecule has 1 aromatic rings. The van der Waals surface area contributed by atoms with Crippen molar-refractivity contribution < 1.29 is 8.42 Å². The highest BCUT2D eigenvalue weighted by atomic mass is 32.2. The maximum atomic E-state index is 11.5. The van der Waals surface area contributed by atoms with Crippen molar-refractivity contribution in [1.82, 2.24) is 4.72 Å². The molecule has 6 heteroatoms. The van der Waals surface area contributed by atoms with E-state index in [0.29, 0.717) is 6.54 Å². The molecule has 94 valence electrons. The van der Waals surface area contributed by atoms with Crippen LogP contribution < -0.4 is 15.8 Å². The summed E-state index contributed by atoms with van der Waals surface area (Å²) in [4.78, 5) is 0.267. The van der Waals surface area contributed by atoms with Crippen molar-refractivity contribution in [2.24, 2.45) is 5.73 Å². The summed E-state index contributed by atoms with van der Waals surface area (Å²) in [6.07, 6.45) is 2.14. The lowest BCUT2D eigenvalue weighted by Crippen LogP contribution is -2.30. The summed E-state index contributed by atoms with van der Waals surface area (Å²) < 4.78 is 25.3. The Morgan fingerprint density at radius 3 is 2.29 bits per heavy atom. The molecule has 0 amide bonds. The first kappa shape index (κ1) is 12.3. The van der Waals surface area contributed by atoms with Crippen LogP contribution in [0.4, 0.5) is 5.69 Å². The molecule has 0 saturated heterocycles. The van der Waals surface area contributed by atoms with Gasteiger partial charge in [0, 0.05) is 17.8 Å². The van der Waals surface area contributed by atoms with Gasteiger partial charge in [-0.1, -0.05) is 0 Å². The lowest BCUT2D eigenvalue weighted by Gasteiger charge is -2.16. The SMILES string of the molecule is CNS(=O)(=O)c1ccc(NC2(CN)CC2)cc1. The van der Waals surface area contributed by atoms with Gasteiger partial charge in [0.05, 0.1) is 4.90 Å². The van der Waals surface area contributed by atoms with Crippen molar-refractivity contribution in [2.45, 2.75) is 23.3 Å². The van der Waals surface area contributed by atoms with Gasteiger partial charge in [0.1, 0.15) is 0 Å². The lowest BCUT2D eigenvalue weighted by molar-refractivity contribution is 0.588. The largest absolute Gasteiger partial charge is 0.378 e. The van der Waals surface area contributed by atoms with Crippen LogP contribution >= 0.6 is 0 Å². The molecular formula is C11H17N3O2S. The Kier molecular flexibility index (Phi) is 3.11. The number of sulfonamides is 1. The number of rotatable bonds is 5. The molecule has 1 saturated carbocycles. The zero-order valence-electron chi connectivity index (χ0n) is 9.73. The first-order valence-electron chi connectivity index (χ1n) is 5.53. The average Bonchev–Trinajstić information content (AvgIpc) is 3.10. The van der Waals surface area contributed by atoms with Gasteiger partial charge in [0.2, 0.25) is 10.0 Å². The zero-order chi connectivity index (χ0) is 12.5. The molecule has 0 unspecified atom stereocenters. The normalized spacial score (nSPS) is 17.8. The lowest BCUT2D eigenvalue weighted by atomic mass is 10.2. The fourth-order valence-corrected chi connectivity index (χ4v) is 2.40. The van der Waals surface area contributed by atoms with Gasteiger partial charge in [-0.25, -0.2) is 13.1 Å². The number of nitrogens with one attached hydrogen (secondary N) is 2. The maximum Gasteiger partial charge on any atom is 0.240 e. The minimum Gasteiger partial charge on any atom is -0.378 e. The smallest absolute Gasteiger partial charge is 0.240 e. The van der Waals surface area contributed by atoms with E-state index in [2.05, 4.69) is 10.0 Å². The quantitative estimate of drug-likeness (QED) is 0.715. The van der Waals surface area contributed by atoms with Crippen LogP contribution in [0, 0.1) is 0 Å². The summed E-state index contributed by atoms with van der Waals surface area (Å²) in [5.74, 6) is 0. The van der Waals surface area contributed by atoms with Gasteiger partial charge in [-0.05, 0) is 44.2 Å². The van der Waals surface area contributed by atoms with E-state index in [4.69, 9.17) is 5.73 Å². The standard InChI is InChI=1S/C11H17N3O2S/c1-13-17(15,16)10-4-2-9(3-5-10)14-11(8-12)6-7-11/h2-5,13-14H,6-8,12H2,1H3. The summed E-state index contributed by atoms with van der Waals surface area (Å²) in [7, 11) is -1.95. The van der Waals surface area contributed by atoms with E-state index in [1.807, 2.05) is 0 Å². The fourth-order valence-electron chi connectivity index (χ4n) is 1.67. The number of benzene rings is 1. The number of anilines is 1. The highest BCUT2D eigenvalue weighted by molar-refractivity contribution is 7.89. The number of nitrogens with two attached hydrogens (primary N) is 1. The van der Waals surface area contributed by atoms with Gasteiger partial charge in [-0.3, -0.25) is 0 Å². The molecule has 0 atom stereocenters.